The van der Waals surface area contributed by atoms with E-state index >= 15 is 0 Å². The highest BCUT2D eigenvalue weighted by Gasteiger charge is 2.06. The monoisotopic (exact) mass is 274 g/mol. The maximum absolute atomic E-state index is 13.5. The molecule has 0 aliphatic rings. The minimum absolute atomic E-state index is 0.248. The lowest BCUT2D eigenvalue weighted by atomic mass is 10.1. The summed E-state index contributed by atoms with van der Waals surface area (Å²) in [6, 6.07) is 12.7. The van der Waals surface area contributed by atoms with Crippen molar-refractivity contribution in [1.82, 2.24) is 0 Å². The molecule has 0 saturated heterocycles. The lowest BCUT2D eigenvalue weighted by molar-refractivity contribution is 0.415. The van der Waals surface area contributed by atoms with Crippen LogP contribution in [0.15, 0.2) is 42.5 Å². The van der Waals surface area contributed by atoms with Gasteiger partial charge < -0.3 is 15.4 Å². The molecule has 2 aromatic rings. The van der Waals surface area contributed by atoms with E-state index in [1.54, 1.807) is 7.11 Å². The standard InChI is InChI=1S/C16H19FN2O/c1-19(15-4-3-5-16(9-15)20-2)11-13-6-12(10-18)7-14(17)8-13/h3-9H,10-11,18H2,1-2H3. The zero-order valence-electron chi connectivity index (χ0n) is 11.8. The van der Waals surface area contributed by atoms with Gasteiger partial charge in [0.2, 0.25) is 0 Å². The van der Waals surface area contributed by atoms with Crippen LogP contribution < -0.4 is 15.4 Å². The molecule has 4 heteroatoms. The van der Waals surface area contributed by atoms with E-state index in [1.165, 1.54) is 12.1 Å². The van der Waals surface area contributed by atoms with Gasteiger partial charge in [0.25, 0.3) is 0 Å². The first-order valence-corrected chi connectivity index (χ1v) is 6.46. The molecular formula is C16H19FN2O. The number of benzene rings is 2. The van der Waals surface area contributed by atoms with Gasteiger partial charge in [0.05, 0.1) is 7.11 Å². The fourth-order valence-corrected chi connectivity index (χ4v) is 2.14. The van der Waals surface area contributed by atoms with E-state index in [-0.39, 0.29) is 5.82 Å². The molecule has 20 heavy (non-hydrogen) atoms. The van der Waals surface area contributed by atoms with Gasteiger partial charge in [-0.2, -0.15) is 0 Å². The third-order valence-electron chi connectivity index (χ3n) is 3.17. The molecule has 2 N–H and O–H groups in total. The lowest BCUT2D eigenvalue weighted by Crippen LogP contribution is -2.16. The van der Waals surface area contributed by atoms with E-state index in [1.807, 2.05) is 42.3 Å². The molecule has 0 aliphatic heterocycles. The van der Waals surface area contributed by atoms with Crippen LogP contribution >= 0.6 is 0 Å². The molecule has 0 saturated carbocycles. The van der Waals surface area contributed by atoms with Crippen LogP contribution in [0.1, 0.15) is 11.1 Å². The molecule has 0 unspecified atom stereocenters. The molecule has 0 radical (unpaired) electrons. The average Bonchev–Trinajstić information content (AvgIpc) is 2.46. The van der Waals surface area contributed by atoms with Crippen LogP contribution in [0.2, 0.25) is 0 Å². The molecule has 0 aromatic heterocycles. The van der Waals surface area contributed by atoms with Crippen molar-refractivity contribution in [3.05, 3.63) is 59.4 Å². The Morgan fingerprint density at radius 3 is 2.60 bits per heavy atom. The molecule has 0 fully saturated rings. The molecule has 0 spiro atoms. The van der Waals surface area contributed by atoms with Gasteiger partial charge in [0.1, 0.15) is 11.6 Å². The van der Waals surface area contributed by atoms with Crippen molar-refractivity contribution in [1.29, 1.82) is 0 Å². The van der Waals surface area contributed by atoms with Gasteiger partial charge in [-0.25, -0.2) is 4.39 Å². The first-order chi connectivity index (χ1) is 9.62. The summed E-state index contributed by atoms with van der Waals surface area (Å²) >= 11 is 0. The second-order valence-corrected chi connectivity index (χ2v) is 4.73. The van der Waals surface area contributed by atoms with E-state index in [2.05, 4.69) is 0 Å². The van der Waals surface area contributed by atoms with Crippen molar-refractivity contribution in [2.45, 2.75) is 13.1 Å². The molecular weight excluding hydrogens is 255 g/mol. The fourth-order valence-electron chi connectivity index (χ4n) is 2.14. The Bertz CT molecular complexity index is 586. The Labute approximate surface area is 118 Å². The van der Waals surface area contributed by atoms with Gasteiger partial charge in [-0.05, 0) is 35.4 Å². The van der Waals surface area contributed by atoms with Gasteiger partial charge >= 0.3 is 0 Å². The van der Waals surface area contributed by atoms with Crippen molar-refractivity contribution in [2.24, 2.45) is 5.73 Å². The maximum Gasteiger partial charge on any atom is 0.123 e. The number of rotatable bonds is 5. The summed E-state index contributed by atoms with van der Waals surface area (Å²) < 4.78 is 18.7. The summed E-state index contributed by atoms with van der Waals surface area (Å²) in [7, 11) is 3.60. The van der Waals surface area contributed by atoms with Crippen LogP contribution in [-0.4, -0.2) is 14.2 Å². The number of hydrogen-bond donors (Lipinski definition) is 1. The Morgan fingerprint density at radius 1 is 1.15 bits per heavy atom. The largest absolute Gasteiger partial charge is 0.497 e. The maximum atomic E-state index is 13.5. The third kappa shape index (κ3) is 3.48. The highest BCUT2D eigenvalue weighted by Crippen LogP contribution is 2.22. The van der Waals surface area contributed by atoms with Crippen LogP contribution in [-0.2, 0) is 13.1 Å². The number of ether oxygens (including phenoxy) is 1. The normalized spacial score (nSPS) is 10.4. The van der Waals surface area contributed by atoms with Gasteiger partial charge in [0, 0.05) is 31.9 Å². The van der Waals surface area contributed by atoms with E-state index in [4.69, 9.17) is 10.5 Å². The molecule has 0 bridgehead atoms. The van der Waals surface area contributed by atoms with Crippen LogP contribution in [0.25, 0.3) is 0 Å². The average molecular weight is 274 g/mol. The number of hydrogen-bond acceptors (Lipinski definition) is 3. The van der Waals surface area contributed by atoms with Crippen LogP contribution in [0.5, 0.6) is 5.75 Å². The summed E-state index contributed by atoms with van der Waals surface area (Å²) in [6.45, 7) is 0.950. The second-order valence-electron chi connectivity index (χ2n) is 4.73. The number of nitrogens with two attached hydrogens (primary N) is 1. The first kappa shape index (κ1) is 14.3. The predicted molar refractivity (Wildman–Crippen MR) is 79.4 cm³/mol. The summed E-state index contributed by atoms with van der Waals surface area (Å²) in [4.78, 5) is 2.04. The van der Waals surface area contributed by atoms with Crippen LogP contribution in [0.3, 0.4) is 0 Å². The number of nitrogens with zero attached hydrogens (tertiary/aromatic N) is 1. The minimum Gasteiger partial charge on any atom is -0.497 e. The Hall–Kier alpha value is -2.07. The van der Waals surface area contributed by atoms with Crippen LogP contribution in [0, 0.1) is 5.82 Å². The molecule has 0 heterocycles. The third-order valence-corrected chi connectivity index (χ3v) is 3.17. The Morgan fingerprint density at radius 2 is 1.90 bits per heavy atom. The molecule has 2 aromatic carbocycles. The summed E-state index contributed by atoms with van der Waals surface area (Å²) in [5, 5.41) is 0. The minimum atomic E-state index is -0.248. The zero-order valence-corrected chi connectivity index (χ0v) is 11.8. The van der Waals surface area contributed by atoms with Crippen molar-refractivity contribution in [3.8, 4) is 5.75 Å². The molecule has 3 nitrogen and oxygen atoms in total. The van der Waals surface area contributed by atoms with Crippen molar-refractivity contribution in [3.63, 3.8) is 0 Å². The van der Waals surface area contributed by atoms with E-state index < -0.39 is 0 Å². The van der Waals surface area contributed by atoms with Gasteiger partial charge in [0.15, 0.2) is 0 Å². The predicted octanol–water partition coefficient (Wildman–Crippen LogP) is 2.93. The molecule has 0 amide bonds. The van der Waals surface area contributed by atoms with Crippen LogP contribution in [0.4, 0.5) is 10.1 Å². The van der Waals surface area contributed by atoms with Crippen molar-refractivity contribution >= 4 is 5.69 Å². The summed E-state index contributed by atoms with van der Waals surface area (Å²) in [5.74, 6) is 0.554. The molecule has 0 aliphatic carbocycles. The first-order valence-electron chi connectivity index (χ1n) is 6.46. The highest BCUT2D eigenvalue weighted by molar-refractivity contribution is 5.50. The topological polar surface area (TPSA) is 38.5 Å². The summed E-state index contributed by atoms with van der Waals surface area (Å²) in [6.07, 6.45) is 0. The number of anilines is 1. The second kappa shape index (κ2) is 6.39. The van der Waals surface area contributed by atoms with Crippen molar-refractivity contribution in [2.75, 3.05) is 19.1 Å². The fraction of sp³-hybridized carbons (Fsp3) is 0.250. The lowest BCUT2D eigenvalue weighted by Gasteiger charge is -2.20. The summed E-state index contributed by atoms with van der Waals surface area (Å²) in [5.41, 5.74) is 8.29. The van der Waals surface area contributed by atoms with Gasteiger partial charge in [-0.1, -0.05) is 12.1 Å². The van der Waals surface area contributed by atoms with E-state index in [0.29, 0.717) is 13.1 Å². The highest BCUT2D eigenvalue weighted by atomic mass is 19.1. The van der Waals surface area contributed by atoms with Gasteiger partial charge in [-0.15, -0.1) is 0 Å². The van der Waals surface area contributed by atoms with E-state index in [0.717, 1.165) is 22.6 Å². The molecule has 0 atom stereocenters. The SMILES string of the molecule is COc1cccc(N(C)Cc2cc(F)cc(CN)c2)c1. The quantitative estimate of drug-likeness (QED) is 0.911. The molecule has 2 rings (SSSR count). The number of halogens is 1. The van der Waals surface area contributed by atoms with Gasteiger partial charge in [-0.3, -0.25) is 0 Å². The smallest absolute Gasteiger partial charge is 0.123 e. The Kier molecular flexibility index (Phi) is 4.58. The molecule has 106 valence electrons. The van der Waals surface area contributed by atoms with E-state index in [9.17, 15) is 4.39 Å². The van der Waals surface area contributed by atoms with Crippen molar-refractivity contribution < 1.29 is 9.13 Å². The zero-order chi connectivity index (χ0) is 14.5. The Balaban J connectivity index is 2.18. The number of methoxy groups -OCH3 is 1.